The molecule has 0 bridgehead atoms. The van der Waals surface area contributed by atoms with Gasteiger partial charge in [-0.3, -0.25) is 0 Å². The van der Waals surface area contributed by atoms with E-state index in [0.717, 1.165) is 6.08 Å². The number of methoxy groups -OCH3 is 1. The van der Waals surface area contributed by atoms with Crippen LogP contribution in [0.5, 0.6) is 0 Å². The number of rotatable bonds is 3. The Morgan fingerprint density at radius 3 is 2.68 bits per heavy atom. The van der Waals surface area contributed by atoms with E-state index in [-0.39, 0.29) is 11.0 Å². The summed E-state index contributed by atoms with van der Waals surface area (Å²) >= 11 is 0. The molecule has 8 heteroatoms. The number of carbonyl (C=O) groups excluding carboxylic acids is 1. The molecule has 1 N–H and O–H groups in total. The molecule has 0 saturated carbocycles. The maximum absolute atomic E-state index is 12.9. The molecule has 0 radical (unpaired) electrons. The van der Waals surface area contributed by atoms with E-state index in [0.29, 0.717) is 11.8 Å². The third kappa shape index (κ3) is 3.46. The number of benzene rings is 1. The summed E-state index contributed by atoms with van der Waals surface area (Å²) in [5, 5.41) is 2.43. The highest BCUT2D eigenvalue weighted by molar-refractivity contribution is 5.85. The van der Waals surface area contributed by atoms with Gasteiger partial charge in [0.05, 0.1) is 12.7 Å². The molecule has 0 atom stereocenters. The third-order valence-electron chi connectivity index (χ3n) is 2.72. The summed E-state index contributed by atoms with van der Waals surface area (Å²) in [7, 11) is 1.20. The fourth-order valence-electron chi connectivity index (χ4n) is 1.76. The number of alkyl halides is 3. The standard InChI is InChI=1S/C14H10F3NO4/c1-21-12(19)4-5-18-8-2-3-9-10(14(15,16)17)7-13(20)22-11(9)6-8/h2-7,18H,1H3/b5-4-. The summed E-state index contributed by atoms with van der Waals surface area (Å²) < 4.78 is 47.8. The number of anilines is 1. The normalized spacial score (nSPS) is 11.8. The molecule has 1 aromatic heterocycles. The maximum atomic E-state index is 12.9. The first-order valence-electron chi connectivity index (χ1n) is 5.97. The van der Waals surface area contributed by atoms with Crippen molar-refractivity contribution in [1.29, 1.82) is 0 Å². The van der Waals surface area contributed by atoms with Crippen molar-refractivity contribution in [2.24, 2.45) is 0 Å². The largest absolute Gasteiger partial charge is 0.466 e. The predicted molar refractivity (Wildman–Crippen MR) is 72.3 cm³/mol. The number of halogens is 3. The average molecular weight is 313 g/mol. The van der Waals surface area contributed by atoms with Gasteiger partial charge in [0.15, 0.2) is 0 Å². The Labute approximate surface area is 122 Å². The zero-order valence-corrected chi connectivity index (χ0v) is 11.2. The molecule has 2 aromatic rings. The Balaban J connectivity index is 2.41. The Bertz CT molecular complexity index is 793. The van der Waals surface area contributed by atoms with Crippen LogP contribution in [0.15, 0.2) is 45.8 Å². The van der Waals surface area contributed by atoms with Gasteiger partial charge >= 0.3 is 17.8 Å². The lowest BCUT2D eigenvalue weighted by molar-refractivity contribution is -0.136. The van der Waals surface area contributed by atoms with Gasteiger partial charge in [0.25, 0.3) is 0 Å². The predicted octanol–water partition coefficient (Wildman–Crippen LogP) is 2.91. The zero-order valence-electron chi connectivity index (χ0n) is 11.2. The van der Waals surface area contributed by atoms with E-state index >= 15 is 0 Å². The first kappa shape index (κ1) is 15.6. The second kappa shape index (κ2) is 5.92. The van der Waals surface area contributed by atoms with E-state index in [4.69, 9.17) is 4.42 Å². The molecule has 0 aliphatic carbocycles. The van der Waals surface area contributed by atoms with Gasteiger partial charge in [-0.15, -0.1) is 0 Å². The van der Waals surface area contributed by atoms with E-state index in [1.807, 2.05) is 0 Å². The summed E-state index contributed by atoms with van der Waals surface area (Å²) in [4.78, 5) is 22.1. The number of hydrogen-bond acceptors (Lipinski definition) is 5. The second-order valence-electron chi connectivity index (χ2n) is 4.19. The minimum absolute atomic E-state index is 0.212. The van der Waals surface area contributed by atoms with Gasteiger partial charge in [-0.05, 0) is 12.1 Å². The topological polar surface area (TPSA) is 68.5 Å². The van der Waals surface area contributed by atoms with Gasteiger partial charge in [-0.25, -0.2) is 9.59 Å². The van der Waals surface area contributed by atoms with E-state index in [1.54, 1.807) is 0 Å². The Hall–Kier alpha value is -2.77. The molecule has 5 nitrogen and oxygen atoms in total. The van der Waals surface area contributed by atoms with Gasteiger partial charge in [0.1, 0.15) is 5.58 Å². The molecule has 0 saturated heterocycles. The van der Waals surface area contributed by atoms with Crippen LogP contribution < -0.4 is 10.9 Å². The van der Waals surface area contributed by atoms with Crippen molar-refractivity contribution in [3.63, 3.8) is 0 Å². The van der Waals surface area contributed by atoms with Crippen LogP contribution >= 0.6 is 0 Å². The molecular formula is C14H10F3NO4. The van der Waals surface area contributed by atoms with Crippen LogP contribution in [0.2, 0.25) is 0 Å². The van der Waals surface area contributed by atoms with Crippen LogP contribution in [0.3, 0.4) is 0 Å². The van der Waals surface area contributed by atoms with Crippen molar-refractivity contribution in [1.82, 2.24) is 0 Å². The number of nitrogens with one attached hydrogen (secondary N) is 1. The second-order valence-corrected chi connectivity index (χ2v) is 4.19. The fraction of sp³-hybridized carbons (Fsp3) is 0.143. The molecule has 0 aliphatic rings. The van der Waals surface area contributed by atoms with E-state index in [2.05, 4.69) is 10.1 Å². The van der Waals surface area contributed by atoms with Gasteiger partial charge in [0, 0.05) is 35.5 Å². The third-order valence-corrected chi connectivity index (χ3v) is 2.72. The summed E-state index contributed by atoms with van der Waals surface area (Å²) in [6, 6.07) is 4.18. The lowest BCUT2D eigenvalue weighted by Crippen LogP contribution is -2.11. The van der Waals surface area contributed by atoms with E-state index in [1.165, 1.54) is 31.5 Å². The van der Waals surface area contributed by atoms with Crippen LogP contribution in [0.25, 0.3) is 11.0 Å². The molecule has 22 heavy (non-hydrogen) atoms. The summed E-state index contributed by atoms with van der Waals surface area (Å²) in [6.45, 7) is 0. The molecule has 1 heterocycles. The Kier molecular flexibility index (Phi) is 4.20. The molecule has 2 rings (SSSR count). The van der Waals surface area contributed by atoms with Crippen molar-refractivity contribution >= 4 is 22.6 Å². The monoisotopic (exact) mass is 313 g/mol. The van der Waals surface area contributed by atoms with Crippen molar-refractivity contribution in [3.8, 4) is 0 Å². The number of ether oxygens (including phenoxy) is 1. The van der Waals surface area contributed by atoms with Crippen LogP contribution in [-0.2, 0) is 15.7 Å². The van der Waals surface area contributed by atoms with Crippen LogP contribution in [0.4, 0.5) is 18.9 Å². The van der Waals surface area contributed by atoms with E-state index < -0.39 is 23.3 Å². The minimum Gasteiger partial charge on any atom is -0.466 e. The first-order chi connectivity index (χ1) is 10.3. The van der Waals surface area contributed by atoms with Gasteiger partial charge in [-0.2, -0.15) is 13.2 Å². The minimum atomic E-state index is -4.66. The quantitative estimate of drug-likeness (QED) is 0.536. The summed E-state index contributed by atoms with van der Waals surface area (Å²) in [6.07, 6.45) is -2.32. The summed E-state index contributed by atoms with van der Waals surface area (Å²) in [5.74, 6) is -0.598. The molecule has 0 spiro atoms. The SMILES string of the molecule is COC(=O)/C=C\Nc1ccc2c(C(F)(F)F)cc(=O)oc2c1. The maximum Gasteiger partial charge on any atom is 0.417 e. The number of carbonyl (C=O) groups is 1. The van der Waals surface area contributed by atoms with Crippen LogP contribution in [0.1, 0.15) is 5.56 Å². The van der Waals surface area contributed by atoms with Crippen molar-refractivity contribution in [2.75, 3.05) is 12.4 Å². The van der Waals surface area contributed by atoms with Crippen molar-refractivity contribution in [2.45, 2.75) is 6.18 Å². The molecule has 0 aliphatic heterocycles. The fourth-order valence-corrected chi connectivity index (χ4v) is 1.76. The highest BCUT2D eigenvalue weighted by Gasteiger charge is 2.33. The Morgan fingerprint density at radius 2 is 2.05 bits per heavy atom. The number of esters is 1. The van der Waals surface area contributed by atoms with Crippen molar-refractivity contribution < 1.29 is 27.1 Å². The van der Waals surface area contributed by atoms with Crippen LogP contribution in [0, 0.1) is 0 Å². The van der Waals surface area contributed by atoms with Gasteiger partial charge < -0.3 is 14.5 Å². The molecular weight excluding hydrogens is 303 g/mol. The molecule has 1 aromatic carbocycles. The number of hydrogen-bond donors (Lipinski definition) is 1. The molecule has 0 fully saturated rings. The van der Waals surface area contributed by atoms with Crippen LogP contribution in [-0.4, -0.2) is 13.1 Å². The smallest absolute Gasteiger partial charge is 0.417 e. The zero-order chi connectivity index (χ0) is 16.3. The average Bonchev–Trinajstić information content (AvgIpc) is 2.44. The summed E-state index contributed by atoms with van der Waals surface area (Å²) in [5.41, 5.74) is -2.02. The first-order valence-corrected chi connectivity index (χ1v) is 5.97. The Morgan fingerprint density at radius 1 is 1.32 bits per heavy atom. The molecule has 0 amide bonds. The lowest BCUT2D eigenvalue weighted by atomic mass is 10.1. The highest BCUT2D eigenvalue weighted by Crippen LogP contribution is 2.34. The molecule has 0 unspecified atom stereocenters. The number of fused-ring (bicyclic) bond motifs is 1. The van der Waals surface area contributed by atoms with Crippen molar-refractivity contribution in [3.05, 3.63) is 52.5 Å². The van der Waals surface area contributed by atoms with E-state index in [9.17, 15) is 22.8 Å². The highest BCUT2D eigenvalue weighted by atomic mass is 19.4. The van der Waals surface area contributed by atoms with Gasteiger partial charge in [0.2, 0.25) is 0 Å². The van der Waals surface area contributed by atoms with Gasteiger partial charge in [-0.1, -0.05) is 0 Å². The molecule has 116 valence electrons. The lowest BCUT2D eigenvalue weighted by Gasteiger charge is -2.09.